The second kappa shape index (κ2) is 7.50. The van der Waals surface area contributed by atoms with E-state index in [-0.39, 0.29) is 5.91 Å². The van der Waals surface area contributed by atoms with Crippen LogP contribution in [0.25, 0.3) is 11.4 Å². The van der Waals surface area contributed by atoms with Crippen molar-refractivity contribution in [3.05, 3.63) is 42.7 Å². The summed E-state index contributed by atoms with van der Waals surface area (Å²) in [6, 6.07) is 10.1. The molecular formula is C16H20N4O. The maximum atomic E-state index is 11.7. The lowest BCUT2D eigenvalue weighted by Crippen LogP contribution is -2.27. The summed E-state index contributed by atoms with van der Waals surface area (Å²) in [5.41, 5.74) is 1.57. The van der Waals surface area contributed by atoms with Crippen LogP contribution >= 0.6 is 0 Å². The number of nitrogens with one attached hydrogen (secondary N) is 2. The first-order valence-corrected chi connectivity index (χ1v) is 7.06. The van der Waals surface area contributed by atoms with Crippen LogP contribution in [0.2, 0.25) is 0 Å². The van der Waals surface area contributed by atoms with Gasteiger partial charge in [-0.15, -0.1) is 0 Å². The van der Waals surface area contributed by atoms with E-state index in [2.05, 4.69) is 20.6 Å². The van der Waals surface area contributed by atoms with E-state index in [9.17, 15) is 4.79 Å². The molecular weight excluding hydrogens is 264 g/mol. The molecule has 1 amide bonds. The number of aromatic nitrogens is 2. The van der Waals surface area contributed by atoms with Gasteiger partial charge in [0.2, 0.25) is 5.91 Å². The van der Waals surface area contributed by atoms with E-state index in [1.54, 1.807) is 12.4 Å². The minimum atomic E-state index is -0.0424. The molecule has 2 aromatic rings. The Balaban J connectivity index is 1.89. The van der Waals surface area contributed by atoms with E-state index in [4.69, 9.17) is 0 Å². The van der Waals surface area contributed by atoms with Gasteiger partial charge in [-0.2, -0.15) is 0 Å². The smallest absolute Gasteiger partial charge is 0.225 e. The number of amides is 1. The van der Waals surface area contributed by atoms with Gasteiger partial charge in [0.1, 0.15) is 0 Å². The Morgan fingerprint density at radius 1 is 1.14 bits per heavy atom. The normalized spacial score (nSPS) is 10.6. The van der Waals surface area contributed by atoms with Gasteiger partial charge in [0.25, 0.3) is 0 Å². The molecule has 0 saturated carbocycles. The highest BCUT2D eigenvalue weighted by Crippen LogP contribution is 2.14. The van der Waals surface area contributed by atoms with Gasteiger partial charge >= 0.3 is 0 Å². The van der Waals surface area contributed by atoms with Crippen molar-refractivity contribution >= 4 is 11.6 Å². The van der Waals surface area contributed by atoms with E-state index in [1.807, 2.05) is 44.2 Å². The van der Waals surface area contributed by atoms with E-state index in [1.165, 1.54) is 0 Å². The van der Waals surface area contributed by atoms with Crippen LogP contribution in [0.5, 0.6) is 0 Å². The molecule has 1 heterocycles. The molecule has 5 nitrogen and oxygen atoms in total. The fourth-order valence-electron chi connectivity index (χ4n) is 1.83. The lowest BCUT2D eigenvalue weighted by molar-refractivity contribution is -0.116. The van der Waals surface area contributed by atoms with Crippen molar-refractivity contribution in [3.8, 4) is 11.4 Å². The lowest BCUT2D eigenvalue weighted by Gasteiger charge is -2.08. The van der Waals surface area contributed by atoms with Gasteiger partial charge in [-0.1, -0.05) is 44.2 Å². The average Bonchev–Trinajstić information content (AvgIpc) is 2.48. The summed E-state index contributed by atoms with van der Waals surface area (Å²) in [5.74, 6) is 0.606. The molecule has 1 aromatic carbocycles. The molecule has 0 fully saturated rings. The maximum Gasteiger partial charge on any atom is 0.225 e. The Labute approximate surface area is 124 Å². The monoisotopic (exact) mass is 284 g/mol. The molecule has 0 aliphatic heterocycles. The highest BCUT2D eigenvalue weighted by molar-refractivity contribution is 5.90. The van der Waals surface area contributed by atoms with E-state index >= 15 is 0 Å². The van der Waals surface area contributed by atoms with E-state index < -0.39 is 0 Å². The first-order valence-electron chi connectivity index (χ1n) is 7.06. The van der Waals surface area contributed by atoms with Gasteiger partial charge < -0.3 is 10.6 Å². The van der Waals surface area contributed by atoms with Crippen molar-refractivity contribution in [1.29, 1.82) is 0 Å². The van der Waals surface area contributed by atoms with Gasteiger partial charge in [0, 0.05) is 24.6 Å². The third-order valence-corrected chi connectivity index (χ3v) is 2.87. The standard InChI is InChI=1S/C16H20N4O/c1-12(2)17-9-8-15(21)20-14-10-18-16(19-11-14)13-6-4-3-5-7-13/h3-7,10-12,17H,8-9H2,1-2H3,(H,20,21). The van der Waals surface area contributed by atoms with Crippen LogP contribution < -0.4 is 10.6 Å². The average molecular weight is 284 g/mol. The second-order valence-corrected chi connectivity index (χ2v) is 5.07. The summed E-state index contributed by atoms with van der Waals surface area (Å²) >= 11 is 0. The van der Waals surface area contributed by atoms with Crippen molar-refractivity contribution in [2.75, 3.05) is 11.9 Å². The predicted molar refractivity (Wildman–Crippen MR) is 83.9 cm³/mol. The van der Waals surface area contributed by atoms with Gasteiger partial charge in [-0.05, 0) is 0 Å². The Morgan fingerprint density at radius 3 is 2.43 bits per heavy atom. The van der Waals surface area contributed by atoms with Crippen LogP contribution in [0.1, 0.15) is 20.3 Å². The quantitative estimate of drug-likeness (QED) is 0.855. The number of carbonyl (C=O) groups excluding carboxylic acids is 1. The summed E-state index contributed by atoms with van der Waals surface area (Å²) in [4.78, 5) is 20.3. The van der Waals surface area contributed by atoms with Crippen molar-refractivity contribution in [3.63, 3.8) is 0 Å². The van der Waals surface area contributed by atoms with Crippen LogP contribution in [-0.4, -0.2) is 28.5 Å². The van der Waals surface area contributed by atoms with Crippen LogP contribution in [-0.2, 0) is 4.79 Å². The molecule has 0 radical (unpaired) electrons. The summed E-state index contributed by atoms with van der Waals surface area (Å²) in [7, 11) is 0. The molecule has 0 aliphatic rings. The molecule has 0 saturated heterocycles. The molecule has 0 aliphatic carbocycles. The molecule has 0 atom stereocenters. The Hall–Kier alpha value is -2.27. The molecule has 0 unspecified atom stereocenters. The first-order chi connectivity index (χ1) is 10.1. The zero-order valence-corrected chi connectivity index (χ0v) is 12.3. The number of nitrogens with zero attached hydrogens (tertiary/aromatic N) is 2. The Kier molecular flexibility index (Phi) is 5.40. The van der Waals surface area contributed by atoms with Crippen LogP contribution in [0.4, 0.5) is 5.69 Å². The molecule has 0 bridgehead atoms. The minimum absolute atomic E-state index is 0.0424. The highest BCUT2D eigenvalue weighted by Gasteiger charge is 2.05. The number of benzene rings is 1. The number of hydrogen-bond donors (Lipinski definition) is 2. The van der Waals surface area contributed by atoms with E-state index in [0.29, 0.717) is 30.5 Å². The Morgan fingerprint density at radius 2 is 1.81 bits per heavy atom. The number of anilines is 1. The van der Waals surface area contributed by atoms with Crippen molar-refractivity contribution in [2.24, 2.45) is 0 Å². The molecule has 0 spiro atoms. The molecule has 5 heteroatoms. The lowest BCUT2D eigenvalue weighted by atomic mass is 10.2. The van der Waals surface area contributed by atoms with Gasteiger partial charge in [0.05, 0.1) is 18.1 Å². The predicted octanol–water partition coefficient (Wildman–Crippen LogP) is 2.47. The Bertz CT molecular complexity index is 567. The number of rotatable bonds is 6. The van der Waals surface area contributed by atoms with Crippen LogP contribution in [0.15, 0.2) is 42.7 Å². The van der Waals surface area contributed by atoms with Crippen LogP contribution in [0, 0.1) is 0 Å². The van der Waals surface area contributed by atoms with Crippen molar-refractivity contribution < 1.29 is 4.79 Å². The summed E-state index contributed by atoms with van der Waals surface area (Å²) in [6.07, 6.45) is 3.69. The topological polar surface area (TPSA) is 66.9 Å². The third-order valence-electron chi connectivity index (χ3n) is 2.87. The third kappa shape index (κ3) is 4.96. The second-order valence-electron chi connectivity index (χ2n) is 5.07. The van der Waals surface area contributed by atoms with Gasteiger partial charge in [-0.3, -0.25) is 4.79 Å². The number of carbonyl (C=O) groups is 1. The van der Waals surface area contributed by atoms with Gasteiger partial charge in [0.15, 0.2) is 5.82 Å². The summed E-state index contributed by atoms with van der Waals surface area (Å²) in [5, 5.41) is 5.99. The molecule has 2 N–H and O–H groups in total. The van der Waals surface area contributed by atoms with Gasteiger partial charge in [-0.25, -0.2) is 9.97 Å². The largest absolute Gasteiger partial charge is 0.323 e. The number of hydrogen-bond acceptors (Lipinski definition) is 4. The fourth-order valence-corrected chi connectivity index (χ4v) is 1.83. The highest BCUT2D eigenvalue weighted by atomic mass is 16.1. The van der Waals surface area contributed by atoms with Crippen molar-refractivity contribution in [2.45, 2.75) is 26.3 Å². The zero-order valence-electron chi connectivity index (χ0n) is 12.3. The molecule has 2 rings (SSSR count). The zero-order chi connectivity index (χ0) is 15.1. The summed E-state index contributed by atoms with van der Waals surface area (Å²) in [6.45, 7) is 4.76. The minimum Gasteiger partial charge on any atom is -0.323 e. The first kappa shape index (κ1) is 15.1. The van der Waals surface area contributed by atoms with Crippen molar-refractivity contribution in [1.82, 2.24) is 15.3 Å². The summed E-state index contributed by atoms with van der Waals surface area (Å²) < 4.78 is 0. The molecule has 21 heavy (non-hydrogen) atoms. The SMILES string of the molecule is CC(C)NCCC(=O)Nc1cnc(-c2ccccc2)nc1. The van der Waals surface area contributed by atoms with E-state index in [0.717, 1.165) is 5.56 Å². The molecule has 110 valence electrons. The fraction of sp³-hybridized carbons (Fsp3) is 0.312. The van der Waals surface area contributed by atoms with Crippen LogP contribution in [0.3, 0.4) is 0 Å². The maximum absolute atomic E-state index is 11.7. The molecule has 1 aromatic heterocycles.